The van der Waals surface area contributed by atoms with Crippen LogP contribution in [0, 0.1) is 6.92 Å². The number of pyridine rings is 1. The minimum atomic E-state index is -0.194. The summed E-state index contributed by atoms with van der Waals surface area (Å²) in [6, 6.07) is 10.7. The molecule has 2 amide bonds. The molecule has 1 aromatic heterocycles. The first kappa shape index (κ1) is 16.9. The van der Waals surface area contributed by atoms with Gasteiger partial charge in [-0.15, -0.1) is 0 Å². The molecule has 0 radical (unpaired) electrons. The van der Waals surface area contributed by atoms with Crippen molar-refractivity contribution in [3.05, 3.63) is 42.1 Å². The maximum absolute atomic E-state index is 12.3. The van der Waals surface area contributed by atoms with E-state index in [1.807, 2.05) is 25.1 Å². The van der Waals surface area contributed by atoms with Gasteiger partial charge in [0.1, 0.15) is 17.6 Å². The van der Waals surface area contributed by atoms with Gasteiger partial charge < -0.3 is 24.4 Å². The van der Waals surface area contributed by atoms with Gasteiger partial charge in [0.15, 0.2) is 0 Å². The number of nitrogens with one attached hydrogen (secondary N) is 1. The Hall–Kier alpha value is -2.96. The Morgan fingerprint density at radius 2 is 2.00 bits per heavy atom. The number of likely N-dealkylation sites (tertiary alicyclic amines) is 1. The van der Waals surface area contributed by atoms with Crippen LogP contribution in [0.3, 0.4) is 0 Å². The molecule has 2 aromatic rings. The van der Waals surface area contributed by atoms with Crippen LogP contribution in [-0.2, 0) is 0 Å². The van der Waals surface area contributed by atoms with Crippen LogP contribution >= 0.6 is 0 Å². The first-order valence-corrected chi connectivity index (χ1v) is 7.97. The van der Waals surface area contributed by atoms with E-state index in [0.29, 0.717) is 36.2 Å². The molecule has 0 aliphatic carbocycles. The zero-order chi connectivity index (χ0) is 17.8. The molecule has 1 saturated heterocycles. The van der Waals surface area contributed by atoms with Crippen LogP contribution in [0.2, 0.25) is 0 Å². The third kappa shape index (κ3) is 3.93. The molecule has 2 heterocycles. The Morgan fingerprint density at radius 3 is 2.68 bits per heavy atom. The van der Waals surface area contributed by atoms with E-state index in [4.69, 9.17) is 14.2 Å². The molecule has 0 unspecified atom stereocenters. The number of methoxy groups -OCH3 is 2. The number of aryl methyl sites for hydroxylation is 1. The average molecular weight is 343 g/mol. The second-order valence-electron chi connectivity index (χ2n) is 5.76. The lowest BCUT2D eigenvalue weighted by molar-refractivity contribution is 0.0460. The van der Waals surface area contributed by atoms with Gasteiger partial charge in [0.25, 0.3) is 0 Å². The van der Waals surface area contributed by atoms with Gasteiger partial charge in [-0.25, -0.2) is 9.78 Å². The number of ether oxygens (including phenoxy) is 3. The summed E-state index contributed by atoms with van der Waals surface area (Å²) in [6.45, 7) is 2.94. The molecule has 3 rings (SSSR count). The third-order valence-electron chi connectivity index (χ3n) is 3.94. The topological polar surface area (TPSA) is 72.9 Å². The fourth-order valence-corrected chi connectivity index (χ4v) is 2.53. The lowest BCUT2D eigenvalue weighted by Crippen LogP contribution is -2.57. The smallest absolute Gasteiger partial charge is 0.322 e. The van der Waals surface area contributed by atoms with Crippen molar-refractivity contribution in [2.45, 2.75) is 13.0 Å². The molecule has 1 aromatic carbocycles. The average Bonchev–Trinajstić information content (AvgIpc) is 2.58. The number of benzene rings is 1. The summed E-state index contributed by atoms with van der Waals surface area (Å²) in [6.07, 6.45) is -0.0437. The number of carbonyl (C=O) groups excluding carboxylic acids is 1. The summed E-state index contributed by atoms with van der Waals surface area (Å²) in [5, 5.41) is 2.84. The van der Waals surface area contributed by atoms with E-state index < -0.39 is 0 Å². The number of carbonyl (C=O) groups is 1. The second kappa shape index (κ2) is 7.29. The number of aromatic nitrogens is 1. The maximum atomic E-state index is 12.3. The van der Waals surface area contributed by atoms with E-state index in [0.717, 1.165) is 5.69 Å². The van der Waals surface area contributed by atoms with E-state index in [2.05, 4.69) is 10.3 Å². The predicted molar refractivity (Wildman–Crippen MR) is 93.5 cm³/mol. The van der Waals surface area contributed by atoms with Crippen LogP contribution in [0.25, 0.3) is 0 Å². The van der Waals surface area contributed by atoms with E-state index >= 15 is 0 Å². The monoisotopic (exact) mass is 343 g/mol. The van der Waals surface area contributed by atoms with Crippen molar-refractivity contribution in [2.24, 2.45) is 0 Å². The van der Waals surface area contributed by atoms with E-state index in [1.165, 1.54) is 0 Å². The molecule has 132 valence electrons. The van der Waals surface area contributed by atoms with Crippen LogP contribution in [0.4, 0.5) is 10.5 Å². The Kier molecular flexibility index (Phi) is 4.92. The molecule has 7 heteroatoms. The van der Waals surface area contributed by atoms with Gasteiger partial charge in [0.05, 0.1) is 33.0 Å². The van der Waals surface area contributed by atoms with Crippen molar-refractivity contribution in [3.8, 4) is 17.4 Å². The fourth-order valence-electron chi connectivity index (χ4n) is 2.53. The zero-order valence-electron chi connectivity index (χ0n) is 14.5. The van der Waals surface area contributed by atoms with Gasteiger partial charge in [-0.1, -0.05) is 6.07 Å². The summed E-state index contributed by atoms with van der Waals surface area (Å²) in [4.78, 5) is 18.3. The first-order valence-electron chi connectivity index (χ1n) is 7.97. The van der Waals surface area contributed by atoms with Crippen LogP contribution in [0.5, 0.6) is 17.4 Å². The molecular weight excluding hydrogens is 322 g/mol. The molecular formula is C18H21N3O4. The van der Waals surface area contributed by atoms with Crippen molar-refractivity contribution in [1.82, 2.24) is 9.88 Å². The van der Waals surface area contributed by atoms with Crippen LogP contribution < -0.4 is 19.5 Å². The first-order chi connectivity index (χ1) is 12.1. The highest BCUT2D eigenvalue weighted by Crippen LogP contribution is 2.29. The van der Waals surface area contributed by atoms with Crippen molar-refractivity contribution in [2.75, 3.05) is 32.6 Å². The second-order valence-corrected chi connectivity index (χ2v) is 5.76. The SMILES string of the molecule is COc1ccc(NC(=O)N2CC(Oc3cccc(C)n3)C2)c(OC)c1. The van der Waals surface area contributed by atoms with Gasteiger partial charge >= 0.3 is 6.03 Å². The number of hydrogen-bond donors (Lipinski definition) is 1. The fraction of sp³-hybridized carbons (Fsp3) is 0.333. The highest BCUT2D eigenvalue weighted by Gasteiger charge is 2.33. The number of anilines is 1. The van der Waals surface area contributed by atoms with Gasteiger partial charge in [0.2, 0.25) is 5.88 Å². The third-order valence-corrected chi connectivity index (χ3v) is 3.94. The van der Waals surface area contributed by atoms with E-state index in [1.54, 1.807) is 37.3 Å². The van der Waals surface area contributed by atoms with Crippen LogP contribution in [0.1, 0.15) is 5.69 Å². The summed E-state index contributed by atoms with van der Waals surface area (Å²) in [5.41, 5.74) is 1.50. The van der Waals surface area contributed by atoms with Gasteiger partial charge in [0, 0.05) is 17.8 Å². The van der Waals surface area contributed by atoms with Gasteiger partial charge in [-0.3, -0.25) is 0 Å². The quantitative estimate of drug-likeness (QED) is 0.904. The molecule has 25 heavy (non-hydrogen) atoms. The van der Waals surface area contributed by atoms with Crippen molar-refractivity contribution in [3.63, 3.8) is 0 Å². The predicted octanol–water partition coefficient (Wildman–Crippen LogP) is 2.70. The molecule has 1 aliphatic heterocycles. The maximum Gasteiger partial charge on any atom is 0.322 e. The molecule has 1 N–H and O–H groups in total. The van der Waals surface area contributed by atoms with Crippen LogP contribution in [-0.4, -0.2) is 49.3 Å². The van der Waals surface area contributed by atoms with Gasteiger partial charge in [-0.05, 0) is 25.1 Å². The van der Waals surface area contributed by atoms with Crippen LogP contribution in [0.15, 0.2) is 36.4 Å². The molecule has 1 aliphatic rings. The molecule has 0 saturated carbocycles. The lowest BCUT2D eigenvalue weighted by atomic mass is 10.2. The van der Waals surface area contributed by atoms with E-state index in [9.17, 15) is 4.79 Å². The summed E-state index contributed by atoms with van der Waals surface area (Å²) < 4.78 is 16.2. The highest BCUT2D eigenvalue weighted by atomic mass is 16.5. The summed E-state index contributed by atoms with van der Waals surface area (Å²) in [7, 11) is 3.13. The number of urea groups is 1. The molecule has 0 bridgehead atoms. The van der Waals surface area contributed by atoms with E-state index in [-0.39, 0.29) is 12.1 Å². The Bertz CT molecular complexity index is 760. The van der Waals surface area contributed by atoms with Crippen molar-refractivity contribution < 1.29 is 19.0 Å². The normalized spacial score (nSPS) is 13.8. The number of hydrogen-bond acceptors (Lipinski definition) is 5. The largest absolute Gasteiger partial charge is 0.497 e. The Morgan fingerprint density at radius 1 is 1.20 bits per heavy atom. The summed E-state index contributed by atoms with van der Waals surface area (Å²) >= 11 is 0. The van der Waals surface area contributed by atoms with Crippen molar-refractivity contribution in [1.29, 1.82) is 0 Å². The number of amides is 2. The Balaban J connectivity index is 1.54. The molecule has 1 fully saturated rings. The minimum absolute atomic E-state index is 0.0437. The lowest BCUT2D eigenvalue weighted by Gasteiger charge is -2.38. The molecule has 7 nitrogen and oxygen atoms in total. The van der Waals surface area contributed by atoms with Gasteiger partial charge in [-0.2, -0.15) is 0 Å². The zero-order valence-corrected chi connectivity index (χ0v) is 14.5. The standard InChI is InChI=1S/C18H21N3O4/c1-12-5-4-6-17(19-12)25-14-10-21(11-14)18(22)20-15-8-7-13(23-2)9-16(15)24-3/h4-9,14H,10-11H2,1-3H3,(H,20,22). The number of rotatable bonds is 5. The Labute approximate surface area is 146 Å². The summed E-state index contributed by atoms with van der Waals surface area (Å²) in [5.74, 6) is 1.80. The number of nitrogens with zero attached hydrogens (tertiary/aromatic N) is 2. The molecule has 0 spiro atoms. The highest BCUT2D eigenvalue weighted by molar-refractivity contribution is 5.91. The van der Waals surface area contributed by atoms with Crippen molar-refractivity contribution >= 4 is 11.7 Å². The molecule has 0 atom stereocenters. The minimum Gasteiger partial charge on any atom is -0.497 e.